The van der Waals surface area contributed by atoms with Crippen molar-refractivity contribution in [2.24, 2.45) is 0 Å². The summed E-state index contributed by atoms with van der Waals surface area (Å²) >= 11 is 0. The largest absolute Gasteiger partial charge is 0.494 e. The minimum Gasteiger partial charge on any atom is -0.494 e. The van der Waals surface area contributed by atoms with E-state index < -0.39 is 5.97 Å². The van der Waals surface area contributed by atoms with Crippen molar-refractivity contribution in [2.75, 3.05) is 26.4 Å². The fourth-order valence-corrected chi connectivity index (χ4v) is 9.58. The second-order valence-electron chi connectivity index (χ2n) is 21.1. The third-order valence-corrected chi connectivity index (χ3v) is 14.5. The first-order valence-electron chi connectivity index (χ1n) is 30.3. The second-order valence-corrected chi connectivity index (χ2v) is 21.1. The first-order chi connectivity index (χ1) is 40.0. The molecular formula is C70H85N5O6. The topological polar surface area (TPSA) is 139 Å². The van der Waals surface area contributed by atoms with Crippen LogP contribution in [0, 0.1) is 11.3 Å². The molecule has 11 heteroatoms. The summed E-state index contributed by atoms with van der Waals surface area (Å²) in [5, 5.41) is 9.17. The molecule has 0 aliphatic heterocycles. The SMILES string of the molecule is CCCCCCCCc1cnc(-c2ccc(OCCCCCCCOc3ccc(C(=O)Oc4ccc(-c5ccc(C#N)cc5)cc4)cc3OCCCCCCCOc3ccc(-c4ncc(CCCCCCCC)cn4)cc3)cc2)nc1. The van der Waals surface area contributed by atoms with Gasteiger partial charge in [0.2, 0.25) is 0 Å². The maximum absolute atomic E-state index is 13.5. The Morgan fingerprint density at radius 1 is 0.395 bits per heavy atom. The highest BCUT2D eigenvalue weighted by Crippen LogP contribution is 2.31. The van der Waals surface area contributed by atoms with Gasteiger partial charge in [-0.3, -0.25) is 0 Å². The van der Waals surface area contributed by atoms with Crippen molar-refractivity contribution in [3.05, 3.63) is 162 Å². The number of aryl methyl sites for hydroxylation is 2. The molecule has 0 aliphatic carbocycles. The highest BCUT2D eigenvalue weighted by atomic mass is 16.5. The van der Waals surface area contributed by atoms with Gasteiger partial charge >= 0.3 is 5.97 Å². The van der Waals surface area contributed by atoms with Crippen LogP contribution in [0.4, 0.5) is 0 Å². The normalized spacial score (nSPS) is 11.0. The molecule has 0 radical (unpaired) electrons. The summed E-state index contributed by atoms with van der Waals surface area (Å²) in [4.78, 5) is 32.0. The Balaban J connectivity index is 0.799. The molecule has 11 nitrogen and oxygen atoms in total. The Hall–Kier alpha value is -7.58. The van der Waals surface area contributed by atoms with Gasteiger partial charge in [0, 0.05) is 35.9 Å². The van der Waals surface area contributed by atoms with Crippen molar-refractivity contribution in [1.82, 2.24) is 19.9 Å². The molecule has 426 valence electrons. The lowest BCUT2D eigenvalue weighted by Crippen LogP contribution is -2.10. The Labute approximate surface area is 482 Å². The van der Waals surface area contributed by atoms with Crippen LogP contribution in [-0.4, -0.2) is 52.3 Å². The van der Waals surface area contributed by atoms with Gasteiger partial charge in [-0.05, 0) is 165 Å². The van der Waals surface area contributed by atoms with Gasteiger partial charge in [0.15, 0.2) is 23.1 Å². The van der Waals surface area contributed by atoms with E-state index in [0.717, 1.165) is 122 Å². The van der Waals surface area contributed by atoms with Crippen LogP contribution in [0.15, 0.2) is 140 Å². The van der Waals surface area contributed by atoms with Crippen LogP contribution in [0.2, 0.25) is 0 Å². The smallest absolute Gasteiger partial charge is 0.343 e. The minimum absolute atomic E-state index is 0.375. The van der Waals surface area contributed by atoms with E-state index in [-0.39, 0.29) is 0 Å². The fraction of sp³-hybridized carbons (Fsp3) is 0.429. The predicted octanol–water partition coefficient (Wildman–Crippen LogP) is 18.0. The van der Waals surface area contributed by atoms with Gasteiger partial charge in [-0.2, -0.15) is 5.26 Å². The van der Waals surface area contributed by atoms with E-state index in [9.17, 15) is 4.79 Å². The summed E-state index contributed by atoms with van der Waals surface area (Å²) in [6, 6.07) is 38.2. The number of aromatic nitrogens is 4. The third-order valence-electron chi connectivity index (χ3n) is 14.5. The molecule has 0 fully saturated rings. The summed E-state index contributed by atoms with van der Waals surface area (Å²) in [6.45, 7) is 6.85. The zero-order valence-electron chi connectivity index (χ0n) is 48.3. The van der Waals surface area contributed by atoms with E-state index >= 15 is 0 Å². The molecule has 0 aliphatic rings. The van der Waals surface area contributed by atoms with Crippen molar-refractivity contribution in [1.29, 1.82) is 5.26 Å². The Morgan fingerprint density at radius 3 is 1.21 bits per heavy atom. The first-order valence-corrected chi connectivity index (χ1v) is 30.3. The van der Waals surface area contributed by atoms with Gasteiger partial charge < -0.3 is 23.7 Å². The highest BCUT2D eigenvalue weighted by molar-refractivity contribution is 5.92. The molecule has 0 amide bonds. The highest BCUT2D eigenvalue weighted by Gasteiger charge is 2.15. The van der Waals surface area contributed by atoms with Gasteiger partial charge in [-0.15, -0.1) is 0 Å². The second kappa shape index (κ2) is 35.9. The molecule has 2 heterocycles. The number of hydrogen-bond donors (Lipinski definition) is 0. The summed E-state index contributed by atoms with van der Waals surface area (Å²) in [5.74, 6) is 4.26. The molecular weight excluding hydrogens is 1010 g/mol. The average molecular weight is 1090 g/mol. The van der Waals surface area contributed by atoms with Crippen LogP contribution >= 0.6 is 0 Å². The number of rotatable bonds is 39. The lowest BCUT2D eigenvalue weighted by molar-refractivity contribution is 0.0734. The molecule has 7 aromatic rings. The van der Waals surface area contributed by atoms with Crippen LogP contribution in [0.25, 0.3) is 33.9 Å². The van der Waals surface area contributed by atoms with Crippen LogP contribution in [0.1, 0.15) is 182 Å². The number of carbonyl (C=O) groups is 1. The van der Waals surface area contributed by atoms with Crippen molar-refractivity contribution >= 4 is 5.97 Å². The van der Waals surface area contributed by atoms with Gasteiger partial charge in [0.05, 0.1) is 43.6 Å². The van der Waals surface area contributed by atoms with Crippen molar-refractivity contribution < 1.29 is 28.5 Å². The van der Waals surface area contributed by atoms with Gasteiger partial charge in [-0.25, -0.2) is 24.7 Å². The summed E-state index contributed by atoms with van der Waals surface area (Å²) in [7, 11) is 0. The number of benzene rings is 5. The molecule has 0 unspecified atom stereocenters. The molecule has 5 aromatic carbocycles. The summed E-state index contributed by atoms with van der Waals surface area (Å²) < 4.78 is 30.6. The van der Waals surface area contributed by atoms with Gasteiger partial charge in [0.25, 0.3) is 0 Å². The molecule has 0 saturated carbocycles. The Morgan fingerprint density at radius 2 is 0.765 bits per heavy atom. The van der Waals surface area contributed by atoms with E-state index in [4.69, 9.17) is 28.9 Å². The van der Waals surface area contributed by atoms with E-state index in [1.54, 1.807) is 42.5 Å². The number of ether oxygens (including phenoxy) is 5. The minimum atomic E-state index is -0.483. The lowest BCUT2D eigenvalue weighted by atomic mass is 10.0. The van der Waals surface area contributed by atoms with Crippen molar-refractivity contribution in [3.8, 4) is 68.7 Å². The standard InChI is InChI=1S/C70H85N5O6/c1-3-5-7-9-13-19-25-56-51-72-68(73-52-56)60-33-38-63(39-34-60)77-45-21-15-11-17-23-47-79-66-44-37-62(70(76)81-65-42-31-59(32-43-65)58-29-27-55(50-71)28-30-58)49-67(66)80-48-24-18-12-16-22-46-78-64-40-35-61(36-41-64)69-74-53-57(54-75-69)26-20-14-10-8-6-4-2/h27-44,49,51-54H,3-26,45-48H2,1-2H3. The monoisotopic (exact) mass is 1090 g/mol. The Kier molecular flexibility index (Phi) is 27.1. The molecule has 81 heavy (non-hydrogen) atoms. The maximum atomic E-state index is 13.5. The van der Waals surface area contributed by atoms with Crippen LogP contribution in [0.3, 0.4) is 0 Å². The Bertz CT molecular complexity index is 2890. The zero-order valence-corrected chi connectivity index (χ0v) is 48.3. The average Bonchev–Trinajstić information content (AvgIpc) is 3.51. The molecule has 0 bridgehead atoms. The zero-order chi connectivity index (χ0) is 56.4. The fourth-order valence-electron chi connectivity index (χ4n) is 9.58. The van der Waals surface area contributed by atoms with E-state index in [1.807, 2.05) is 97.6 Å². The molecule has 0 atom stereocenters. The number of nitrogens with zero attached hydrogens (tertiary/aromatic N) is 5. The van der Waals surface area contributed by atoms with Gasteiger partial charge in [-0.1, -0.05) is 141 Å². The maximum Gasteiger partial charge on any atom is 0.343 e. The van der Waals surface area contributed by atoms with E-state index in [1.165, 1.54) is 88.2 Å². The summed E-state index contributed by atoms with van der Waals surface area (Å²) in [5.41, 5.74) is 7.27. The third kappa shape index (κ3) is 22.1. The predicted molar refractivity (Wildman–Crippen MR) is 325 cm³/mol. The number of unbranched alkanes of at least 4 members (excludes halogenated alkanes) is 18. The number of esters is 1. The van der Waals surface area contributed by atoms with Crippen LogP contribution in [-0.2, 0) is 12.8 Å². The van der Waals surface area contributed by atoms with E-state index in [0.29, 0.717) is 54.8 Å². The number of carbonyl (C=O) groups excluding carboxylic acids is 1. The van der Waals surface area contributed by atoms with Crippen molar-refractivity contribution in [3.63, 3.8) is 0 Å². The van der Waals surface area contributed by atoms with Crippen LogP contribution < -0.4 is 23.7 Å². The first kappa shape index (κ1) is 61.0. The van der Waals surface area contributed by atoms with Gasteiger partial charge in [0.1, 0.15) is 17.2 Å². The molecule has 7 rings (SSSR count). The molecule has 2 aromatic heterocycles. The number of hydrogen-bond acceptors (Lipinski definition) is 11. The molecule has 0 spiro atoms. The summed E-state index contributed by atoms with van der Waals surface area (Å²) in [6.07, 6.45) is 35.3. The molecule has 0 saturated heterocycles. The van der Waals surface area contributed by atoms with Crippen LogP contribution in [0.5, 0.6) is 28.7 Å². The van der Waals surface area contributed by atoms with Crippen molar-refractivity contribution in [2.45, 2.75) is 168 Å². The molecule has 0 N–H and O–H groups in total. The van der Waals surface area contributed by atoms with E-state index in [2.05, 4.69) is 39.9 Å². The quantitative estimate of drug-likeness (QED) is 0.0207. The number of nitriles is 1. The lowest BCUT2D eigenvalue weighted by Gasteiger charge is -2.14.